The Morgan fingerprint density at radius 3 is 2.49 bits per heavy atom. The Kier molecular flexibility index (Phi) is 7.03. The molecule has 0 saturated carbocycles. The van der Waals surface area contributed by atoms with Crippen LogP contribution in [0.3, 0.4) is 0 Å². The Labute approximate surface area is 214 Å². The molecule has 0 radical (unpaired) electrons. The molecule has 0 aliphatic heterocycles. The minimum absolute atomic E-state index is 0.169. The van der Waals surface area contributed by atoms with Crippen molar-refractivity contribution < 1.29 is 18.7 Å². The number of benzene rings is 3. The van der Waals surface area contributed by atoms with Crippen molar-refractivity contribution in [3.8, 4) is 17.0 Å². The van der Waals surface area contributed by atoms with E-state index in [1.165, 1.54) is 0 Å². The Bertz CT molecular complexity index is 1520. The van der Waals surface area contributed by atoms with E-state index in [2.05, 4.69) is 21.7 Å². The number of hydrogen-bond acceptors (Lipinski definition) is 4. The van der Waals surface area contributed by atoms with Crippen molar-refractivity contribution in [1.29, 1.82) is 0 Å². The molecule has 2 amide bonds. The van der Waals surface area contributed by atoms with E-state index in [9.17, 15) is 9.59 Å². The predicted molar refractivity (Wildman–Crippen MR) is 144 cm³/mol. The molecule has 7 nitrogen and oxygen atoms in total. The molecular formula is C30H27N3O4. The number of ether oxygens (including phenoxy) is 1. The number of rotatable bonds is 9. The Hall–Kier alpha value is -4.78. The zero-order chi connectivity index (χ0) is 25.6. The van der Waals surface area contributed by atoms with Crippen LogP contribution in [0.1, 0.15) is 28.1 Å². The topological polar surface area (TPSA) is 96.4 Å². The molecule has 3 N–H and O–H groups in total. The summed E-state index contributed by atoms with van der Waals surface area (Å²) < 4.78 is 10.6. The van der Waals surface area contributed by atoms with Crippen LogP contribution in [-0.4, -0.2) is 23.9 Å². The first-order valence-electron chi connectivity index (χ1n) is 12.1. The molecule has 0 fully saturated rings. The molecule has 7 heteroatoms. The van der Waals surface area contributed by atoms with Gasteiger partial charge >= 0.3 is 0 Å². The zero-order valence-electron chi connectivity index (χ0n) is 20.4. The third-order valence-corrected chi connectivity index (χ3v) is 6.24. The Morgan fingerprint density at radius 1 is 0.919 bits per heavy atom. The number of amides is 2. The van der Waals surface area contributed by atoms with Gasteiger partial charge in [-0.25, -0.2) is 0 Å². The summed E-state index contributed by atoms with van der Waals surface area (Å²) in [4.78, 5) is 29.3. The van der Waals surface area contributed by atoms with Gasteiger partial charge in [-0.3, -0.25) is 9.59 Å². The largest absolute Gasteiger partial charge is 0.497 e. The van der Waals surface area contributed by atoms with Gasteiger partial charge in [0.05, 0.1) is 31.2 Å². The summed E-state index contributed by atoms with van der Waals surface area (Å²) in [6.07, 6.45) is 2.35. The maximum Gasteiger partial charge on any atom is 0.253 e. The third-order valence-electron chi connectivity index (χ3n) is 6.24. The number of nitrogens with one attached hydrogen (secondary N) is 3. The molecule has 2 aromatic heterocycles. The molecule has 0 atom stereocenters. The van der Waals surface area contributed by atoms with E-state index in [0.29, 0.717) is 23.4 Å². The average Bonchev–Trinajstić information content (AvgIpc) is 3.59. The number of aromatic amines is 1. The summed E-state index contributed by atoms with van der Waals surface area (Å²) in [6, 6.07) is 26.5. The number of aryl methyl sites for hydroxylation is 1. The number of para-hydroxylation sites is 2. The van der Waals surface area contributed by atoms with Crippen molar-refractivity contribution in [3.05, 3.63) is 108 Å². The number of H-pyrrole nitrogens is 1. The van der Waals surface area contributed by atoms with E-state index in [4.69, 9.17) is 9.15 Å². The van der Waals surface area contributed by atoms with Gasteiger partial charge in [0.1, 0.15) is 11.5 Å². The fourth-order valence-corrected chi connectivity index (χ4v) is 4.38. The maximum absolute atomic E-state index is 13.0. The number of fused-ring (bicyclic) bond motifs is 1. The van der Waals surface area contributed by atoms with E-state index < -0.39 is 0 Å². The van der Waals surface area contributed by atoms with Crippen molar-refractivity contribution in [3.63, 3.8) is 0 Å². The second-order valence-corrected chi connectivity index (χ2v) is 8.61. The lowest BCUT2D eigenvalue weighted by molar-refractivity contribution is -0.116. The first-order valence-corrected chi connectivity index (χ1v) is 12.1. The lowest BCUT2D eigenvalue weighted by Gasteiger charge is -2.11. The normalized spacial score (nSPS) is 10.8. The van der Waals surface area contributed by atoms with Gasteiger partial charge < -0.3 is 24.8 Å². The molecule has 0 aliphatic rings. The number of carbonyl (C=O) groups is 2. The molecule has 0 aliphatic carbocycles. The van der Waals surface area contributed by atoms with Crippen LogP contribution in [0.15, 0.2) is 95.6 Å². The van der Waals surface area contributed by atoms with Crippen LogP contribution in [0, 0.1) is 0 Å². The minimum Gasteiger partial charge on any atom is -0.497 e. The molecule has 37 heavy (non-hydrogen) atoms. The van der Waals surface area contributed by atoms with E-state index in [0.717, 1.165) is 33.5 Å². The molecule has 2 heterocycles. The van der Waals surface area contributed by atoms with Crippen LogP contribution >= 0.6 is 0 Å². The van der Waals surface area contributed by atoms with Crippen LogP contribution in [0.2, 0.25) is 0 Å². The minimum atomic E-state index is -0.286. The van der Waals surface area contributed by atoms with Crippen LogP contribution in [0.4, 0.5) is 5.69 Å². The van der Waals surface area contributed by atoms with Crippen molar-refractivity contribution in [2.75, 3.05) is 12.4 Å². The Morgan fingerprint density at radius 2 is 1.70 bits per heavy atom. The lowest BCUT2D eigenvalue weighted by atomic mass is 10.0. The third kappa shape index (κ3) is 5.41. The van der Waals surface area contributed by atoms with Gasteiger partial charge in [-0.05, 0) is 72.1 Å². The Balaban J connectivity index is 1.31. The summed E-state index contributed by atoms with van der Waals surface area (Å²) in [6.45, 7) is 0.267. The summed E-state index contributed by atoms with van der Waals surface area (Å²) in [7, 11) is 1.64. The average molecular weight is 494 g/mol. The van der Waals surface area contributed by atoms with Crippen LogP contribution in [0.5, 0.6) is 5.75 Å². The number of hydrogen-bond donors (Lipinski definition) is 3. The molecule has 0 saturated heterocycles. The van der Waals surface area contributed by atoms with E-state index in [1.54, 1.807) is 49.8 Å². The van der Waals surface area contributed by atoms with Crippen LogP contribution in [-0.2, 0) is 17.8 Å². The maximum atomic E-state index is 13.0. The first-order chi connectivity index (χ1) is 18.1. The highest BCUT2D eigenvalue weighted by Gasteiger charge is 2.17. The van der Waals surface area contributed by atoms with E-state index >= 15 is 0 Å². The van der Waals surface area contributed by atoms with Gasteiger partial charge in [0.25, 0.3) is 5.91 Å². The van der Waals surface area contributed by atoms with Gasteiger partial charge in [-0.1, -0.05) is 30.3 Å². The monoisotopic (exact) mass is 493 g/mol. The molecule has 0 unspecified atom stereocenters. The molecule has 0 spiro atoms. The molecule has 5 aromatic rings. The summed E-state index contributed by atoms with van der Waals surface area (Å²) in [5.74, 6) is 0.983. The first kappa shape index (κ1) is 23.9. The fourth-order valence-electron chi connectivity index (χ4n) is 4.38. The second-order valence-electron chi connectivity index (χ2n) is 8.61. The smallest absolute Gasteiger partial charge is 0.253 e. The van der Waals surface area contributed by atoms with Gasteiger partial charge in [0.15, 0.2) is 0 Å². The van der Waals surface area contributed by atoms with Gasteiger partial charge in [0.2, 0.25) is 5.91 Å². The van der Waals surface area contributed by atoms with Crippen molar-refractivity contribution in [2.24, 2.45) is 0 Å². The predicted octanol–water partition coefficient (Wildman–Crippen LogP) is 5.94. The second kappa shape index (κ2) is 10.9. The SMILES string of the molecule is COc1ccc(-c2[nH]c3ccccc3c2CCC(=O)Nc2ccccc2C(=O)NCc2ccco2)cc1. The number of furan rings is 1. The zero-order valence-corrected chi connectivity index (χ0v) is 20.4. The quantitative estimate of drug-likeness (QED) is 0.237. The number of aromatic nitrogens is 1. The molecule has 5 rings (SSSR count). The summed E-state index contributed by atoms with van der Waals surface area (Å²) in [5.41, 5.74) is 4.95. The van der Waals surface area contributed by atoms with Crippen molar-refractivity contribution in [1.82, 2.24) is 10.3 Å². The van der Waals surface area contributed by atoms with E-state index in [1.807, 2.05) is 42.5 Å². The highest BCUT2D eigenvalue weighted by atomic mass is 16.5. The molecular weight excluding hydrogens is 466 g/mol. The number of methoxy groups -OCH3 is 1. The highest BCUT2D eigenvalue weighted by Crippen LogP contribution is 2.32. The van der Waals surface area contributed by atoms with Crippen molar-refractivity contribution >= 4 is 28.4 Å². The highest BCUT2D eigenvalue weighted by molar-refractivity contribution is 6.04. The van der Waals surface area contributed by atoms with Crippen molar-refractivity contribution in [2.45, 2.75) is 19.4 Å². The van der Waals surface area contributed by atoms with Gasteiger partial charge in [-0.2, -0.15) is 0 Å². The van der Waals surface area contributed by atoms with Crippen LogP contribution in [0.25, 0.3) is 22.2 Å². The fraction of sp³-hybridized carbons (Fsp3) is 0.133. The van der Waals surface area contributed by atoms with Crippen LogP contribution < -0.4 is 15.4 Å². The van der Waals surface area contributed by atoms with Gasteiger partial charge in [-0.15, -0.1) is 0 Å². The summed E-state index contributed by atoms with van der Waals surface area (Å²) in [5, 5.41) is 6.83. The standard InChI is InChI=1S/C30H27N3O4/c1-36-21-14-12-20(13-15-21)29-24(23-8-2-4-10-26(23)33-29)16-17-28(34)32-27-11-5-3-9-25(27)30(35)31-19-22-7-6-18-37-22/h2-15,18,33H,16-17,19H2,1H3,(H,31,35)(H,32,34). The molecule has 186 valence electrons. The molecule has 3 aromatic carbocycles. The molecule has 0 bridgehead atoms. The number of carbonyl (C=O) groups excluding carboxylic acids is 2. The lowest BCUT2D eigenvalue weighted by Crippen LogP contribution is -2.24. The van der Waals surface area contributed by atoms with Gasteiger partial charge in [0, 0.05) is 23.0 Å². The summed E-state index contributed by atoms with van der Waals surface area (Å²) >= 11 is 0. The number of anilines is 1. The van der Waals surface area contributed by atoms with E-state index in [-0.39, 0.29) is 24.8 Å².